The number of imidazole rings is 1. The van der Waals surface area contributed by atoms with Crippen LogP contribution in [0.3, 0.4) is 0 Å². The van der Waals surface area contributed by atoms with Crippen LogP contribution >= 0.6 is 11.6 Å². The molecule has 0 fully saturated rings. The second-order valence-corrected chi connectivity index (χ2v) is 7.60. The highest BCUT2D eigenvalue weighted by atomic mass is 35.5. The first kappa shape index (κ1) is 20.1. The van der Waals surface area contributed by atoms with Crippen molar-refractivity contribution in [2.24, 2.45) is 0 Å². The average molecular weight is 419 g/mol. The minimum Gasteiger partial charge on any atom is -0.354 e. The van der Waals surface area contributed by atoms with Gasteiger partial charge in [0, 0.05) is 30.7 Å². The number of carbonyl (C=O) groups is 1. The van der Waals surface area contributed by atoms with Crippen molar-refractivity contribution in [3.8, 4) is 0 Å². The molecule has 1 amide bonds. The van der Waals surface area contributed by atoms with Gasteiger partial charge in [0.1, 0.15) is 11.3 Å². The Balaban J connectivity index is 1.41. The van der Waals surface area contributed by atoms with Gasteiger partial charge in [-0.3, -0.25) is 4.79 Å². The number of rotatable bonds is 8. The van der Waals surface area contributed by atoms with E-state index in [9.17, 15) is 4.79 Å². The zero-order valence-corrected chi connectivity index (χ0v) is 17.3. The van der Waals surface area contributed by atoms with E-state index in [4.69, 9.17) is 16.6 Å². The van der Waals surface area contributed by atoms with E-state index in [1.54, 1.807) is 18.3 Å². The van der Waals surface area contributed by atoms with Crippen LogP contribution in [-0.2, 0) is 30.6 Å². The maximum Gasteiger partial charge on any atom is 0.224 e. The molecule has 2 aromatic carbocycles. The van der Waals surface area contributed by atoms with Gasteiger partial charge in [0.05, 0.1) is 6.42 Å². The Morgan fingerprint density at radius 3 is 2.53 bits per heavy atom. The third-order valence-electron chi connectivity index (χ3n) is 5.00. The van der Waals surface area contributed by atoms with Crippen LogP contribution in [0.15, 0.2) is 72.9 Å². The molecule has 0 saturated carbocycles. The molecule has 2 heterocycles. The minimum atomic E-state index is -0.0134. The Bertz CT molecular complexity index is 1120. The molecule has 4 rings (SSSR count). The molecule has 1 N–H and O–H groups in total. The number of nitrogens with zero attached hydrogens (tertiary/aromatic N) is 3. The average Bonchev–Trinajstić information content (AvgIpc) is 3.12. The summed E-state index contributed by atoms with van der Waals surface area (Å²) in [5, 5.41) is 3.67. The summed E-state index contributed by atoms with van der Waals surface area (Å²) in [7, 11) is 0. The zero-order chi connectivity index (χ0) is 20.8. The summed E-state index contributed by atoms with van der Waals surface area (Å²) >= 11 is 5.90. The van der Waals surface area contributed by atoms with Crippen LogP contribution in [0, 0.1) is 0 Å². The minimum absolute atomic E-state index is 0.0134. The van der Waals surface area contributed by atoms with Crippen LogP contribution in [-0.4, -0.2) is 27.0 Å². The van der Waals surface area contributed by atoms with Crippen LogP contribution in [0.1, 0.15) is 17.0 Å². The molecule has 4 aromatic rings. The van der Waals surface area contributed by atoms with E-state index in [2.05, 4.69) is 39.1 Å². The highest BCUT2D eigenvalue weighted by Gasteiger charge is 2.12. The van der Waals surface area contributed by atoms with Crippen molar-refractivity contribution in [2.45, 2.75) is 25.8 Å². The Hall–Kier alpha value is -3.18. The number of pyridine rings is 1. The number of aromatic nitrogens is 3. The van der Waals surface area contributed by atoms with Gasteiger partial charge in [0.2, 0.25) is 5.91 Å². The molecule has 0 unspecified atom stereocenters. The van der Waals surface area contributed by atoms with Crippen molar-refractivity contribution in [3.05, 3.63) is 94.9 Å². The number of fused-ring (bicyclic) bond motifs is 1. The summed E-state index contributed by atoms with van der Waals surface area (Å²) in [5.74, 6) is 0.972. The van der Waals surface area contributed by atoms with E-state index in [1.165, 1.54) is 5.56 Å². The predicted molar refractivity (Wildman–Crippen MR) is 120 cm³/mol. The van der Waals surface area contributed by atoms with Gasteiger partial charge in [-0.05, 0) is 41.8 Å². The summed E-state index contributed by atoms with van der Waals surface area (Å²) in [5.41, 5.74) is 3.95. The third-order valence-corrected chi connectivity index (χ3v) is 5.25. The molecular formula is C24H23ClN4O. The Morgan fingerprint density at radius 2 is 1.73 bits per heavy atom. The highest BCUT2D eigenvalue weighted by molar-refractivity contribution is 6.30. The molecule has 0 aliphatic rings. The maximum atomic E-state index is 12.3. The lowest BCUT2D eigenvalue weighted by molar-refractivity contribution is -0.120. The van der Waals surface area contributed by atoms with Crippen molar-refractivity contribution in [1.82, 2.24) is 19.9 Å². The van der Waals surface area contributed by atoms with Crippen molar-refractivity contribution >= 4 is 28.7 Å². The van der Waals surface area contributed by atoms with E-state index >= 15 is 0 Å². The molecule has 0 saturated heterocycles. The summed E-state index contributed by atoms with van der Waals surface area (Å²) in [6.45, 7) is 1.15. The third kappa shape index (κ3) is 5.05. The molecule has 5 nitrogen and oxygen atoms in total. The maximum absolute atomic E-state index is 12.3. The Kier molecular flexibility index (Phi) is 6.40. The van der Waals surface area contributed by atoms with Gasteiger partial charge in [-0.25, -0.2) is 9.97 Å². The molecule has 0 aliphatic heterocycles. The fourth-order valence-corrected chi connectivity index (χ4v) is 3.62. The number of carbonyl (C=O) groups excluding carboxylic acids is 1. The largest absolute Gasteiger partial charge is 0.354 e. The lowest BCUT2D eigenvalue weighted by atomic mass is 10.1. The monoisotopic (exact) mass is 418 g/mol. The molecule has 152 valence electrons. The number of aryl methyl sites for hydroxylation is 2. The SMILES string of the molecule is O=C(Cc1ccc(Cl)cc1)NCCn1c(CCc2ccccc2)nc2cccnc21. The topological polar surface area (TPSA) is 59.8 Å². The molecule has 30 heavy (non-hydrogen) atoms. The number of halogens is 1. The van der Waals surface area contributed by atoms with Crippen molar-refractivity contribution in [2.75, 3.05) is 6.54 Å². The van der Waals surface area contributed by atoms with Gasteiger partial charge in [0.25, 0.3) is 0 Å². The van der Waals surface area contributed by atoms with Crippen LogP contribution in [0.25, 0.3) is 11.2 Å². The summed E-state index contributed by atoms with van der Waals surface area (Å²) in [6.07, 6.45) is 3.84. The molecule has 6 heteroatoms. The van der Waals surface area contributed by atoms with E-state index in [1.807, 2.05) is 30.3 Å². The molecule has 2 aromatic heterocycles. The van der Waals surface area contributed by atoms with Gasteiger partial charge >= 0.3 is 0 Å². The first-order valence-electron chi connectivity index (χ1n) is 10.0. The number of hydrogen-bond acceptors (Lipinski definition) is 3. The van der Waals surface area contributed by atoms with Crippen LogP contribution in [0.2, 0.25) is 5.02 Å². The van der Waals surface area contributed by atoms with Gasteiger partial charge in [-0.15, -0.1) is 0 Å². The van der Waals surface area contributed by atoms with Gasteiger partial charge < -0.3 is 9.88 Å². The molecule has 0 aliphatic carbocycles. The standard InChI is InChI=1S/C24H23ClN4O/c25-20-11-8-19(9-12-20)17-23(30)26-15-16-29-22(13-10-18-5-2-1-3-6-18)28-21-7-4-14-27-24(21)29/h1-9,11-12,14H,10,13,15-17H2,(H,26,30). The molecule has 0 bridgehead atoms. The van der Waals surface area contributed by atoms with E-state index in [0.29, 0.717) is 24.5 Å². The smallest absolute Gasteiger partial charge is 0.224 e. The lowest BCUT2D eigenvalue weighted by Crippen LogP contribution is -2.29. The van der Waals surface area contributed by atoms with E-state index in [-0.39, 0.29) is 5.91 Å². The number of nitrogens with one attached hydrogen (secondary N) is 1. The first-order chi connectivity index (χ1) is 14.7. The van der Waals surface area contributed by atoms with E-state index in [0.717, 1.165) is 35.4 Å². The highest BCUT2D eigenvalue weighted by Crippen LogP contribution is 2.15. The second-order valence-electron chi connectivity index (χ2n) is 7.16. The van der Waals surface area contributed by atoms with Crippen LogP contribution in [0.4, 0.5) is 0 Å². The first-order valence-corrected chi connectivity index (χ1v) is 10.4. The normalized spacial score (nSPS) is 11.0. The quantitative estimate of drug-likeness (QED) is 0.466. The zero-order valence-electron chi connectivity index (χ0n) is 16.6. The van der Waals surface area contributed by atoms with Crippen molar-refractivity contribution in [3.63, 3.8) is 0 Å². The summed E-state index contributed by atoms with van der Waals surface area (Å²) < 4.78 is 2.11. The number of benzene rings is 2. The summed E-state index contributed by atoms with van der Waals surface area (Å²) in [6, 6.07) is 21.6. The van der Waals surface area contributed by atoms with E-state index < -0.39 is 0 Å². The number of hydrogen-bond donors (Lipinski definition) is 1. The predicted octanol–water partition coefficient (Wildman–Crippen LogP) is 4.23. The van der Waals surface area contributed by atoms with Gasteiger partial charge in [-0.2, -0.15) is 0 Å². The van der Waals surface area contributed by atoms with Gasteiger partial charge in [-0.1, -0.05) is 54.1 Å². The van der Waals surface area contributed by atoms with Gasteiger partial charge in [0.15, 0.2) is 5.65 Å². The molecule has 0 spiro atoms. The number of amides is 1. The van der Waals surface area contributed by atoms with Crippen LogP contribution < -0.4 is 5.32 Å². The Labute approximate surface area is 180 Å². The van der Waals surface area contributed by atoms with Crippen molar-refractivity contribution in [1.29, 1.82) is 0 Å². The summed E-state index contributed by atoms with van der Waals surface area (Å²) in [4.78, 5) is 21.6. The Morgan fingerprint density at radius 1 is 0.933 bits per heavy atom. The van der Waals surface area contributed by atoms with Crippen LogP contribution in [0.5, 0.6) is 0 Å². The molecular weight excluding hydrogens is 396 g/mol. The fraction of sp³-hybridized carbons (Fsp3) is 0.208. The second kappa shape index (κ2) is 9.55. The lowest BCUT2D eigenvalue weighted by Gasteiger charge is -2.10. The molecule has 0 atom stereocenters. The molecule has 0 radical (unpaired) electrons. The van der Waals surface area contributed by atoms with Crippen molar-refractivity contribution < 1.29 is 4.79 Å². The fourth-order valence-electron chi connectivity index (χ4n) is 3.49.